The van der Waals surface area contributed by atoms with E-state index in [9.17, 15) is 9.59 Å². The molecule has 0 spiro atoms. The molecule has 1 N–H and O–H groups in total. The standard InChI is InChI=1S/C22H27NO7/c1-26-12-10-23-22(25)21-20(29-14-16-7-3-2-4-8-16)18(24)13-17(30-21)15-28-19-9-5-6-11-27-19/h2-4,7-8,13,19H,5-6,9-12,14-15H2,1H3,(H,23,25). The lowest BCUT2D eigenvalue weighted by molar-refractivity contribution is -0.171. The smallest absolute Gasteiger partial charge is 0.291 e. The van der Waals surface area contributed by atoms with Crippen molar-refractivity contribution >= 4 is 5.91 Å². The highest BCUT2D eigenvalue weighted by atomic mass is 16.7. The van der Waals surface area contributed by atoms with E-state index in [1.165, 1.54) is 13.2 Å². The Labute approximate surface area is 175 Å². The van der Waals surface area contributed by atoms with Crippen LogP contribution in [0.5, 0.6) is 5.75 Å². The molecular formula is C22H27NO7. The van der Waals surface area contributed by atoms with Gasteiger partial charge in [-0.25, -0.2) is 0 Å². The highest BCUT2D eigenvalue weighted by Crippen LogP contribution is 2.20. The molecule has 1 fully saturated rings. The second kappa shape index (κ2) is 11.5. The third-order valence-corrected chi connectivity index (χ3v) is 4.53. The van der Waals surface area contributed by atoms with E-state index in [1.54, 1.807) is 0 Å². The first-order valence-electron chi connectivity index (χ1n) is 10.0. The van der Waals surface area contributed by atoms with Crippen LogP contribution in [-0.2, 0) is 27.4 Å². The van der Waals surface area contributed by atoms with Crippen molar-refractivity contribution in [3.63, 3.8) is 0 Å². The molecule has 2 heterocycles. The normalized spacial score (nSPS) is 16.2. The van der Waals surface area contributed by atoms with Crippen molar-refractivity contribution in [2.45, 2.75) is 38.8 Å². The van der Waals surface area contributed by atoms with E-state index in [1.807, 2.05) is 30.3 Å². The molecule has 2 aromatic rings. The largest absolute Gasteiger partial charge is 0.481 e. The number of carbonyl (C=O) groups is 1. The quantitative estimate of drug-likeness (QED) is 0.594. The number of nitrogens with one attached hydrogen (secondary N) is 1. The lowest BCUT2D eigenvalue weighted by Gasteiger charge is -2.22. The summed E-state index contributed by atoms with van der Waals surface area (Å²) in [4.78, 5) is 25.3. The van der Waals surface area contributed by atoms with E-state index < -0.39 is 11.3 Å². The van der Waals surface area contributed by atoms with Gasteiger partial charge < -0.3 is 28.7 Å². The molecule has 1 aromatic heterocycles. The Balaban J connectivity index is 1.76. The zero-order valence-corrected chi connectivity index (χ0v) is 17.1. The van der Waals surface area contributed by atoms with E-state index in [4.69, 9.17) is 23.4 Å². The summed E-state index contributed by atoms with van der Waals surface area (Å²) in [7, 11) is 1.53. The van der Waals surface area contributed by atoms with Gasteiger partial charge in [0.1, 0.15) is 19.0 Å². The lowest BCUT2D eigenvalue weighted by atomic mass is 10.2. The highest BCUT2D eigenvalue weighted by Gasteiger charge is 2.22. The van der Waals surface area contributed by atoms with Crippen molar-refractivity contribution in [2.75, 3.05) is 26.9 Å². The third-order valence-electron chi connectivity index (χ3n) is 4.53. The van der Waals surface area contributed by atoms with E-state index in [-0.39, 0.29) is 43.3 Å². The molecule has 0 bridgehead atoms. The van der Waals surface area contributed by atoms with Crippen LogP contribution in [0.4, 0.5) is 0 Å². The van der Waals surface area contributed by atoms with Crippen LogP contribution in [0.3, 0.4) is 0 Å². The molecule has 0 aliphatic carbocycles. The number of benzene rings is 1. The van der Waals surface area contributed by atoms with Gasteiger partial charge in [0, 0.05) is 26.3 Å². The van der Waals surface area contributed by atoms with Crippen LogP contribution in [-0.4, -0.2) is 39.1 Å². The average Bonchev–Trinajstić information content (AvgIpc) is 2.78. The van der Waals surface area contributed by atoms with E-state index in [0.29, 0.717) is 13.2 Å². The minimum atomic E-state index is -0.553. The Bertz CT molecular complexity index is 860. The Kier molecular flexibility index (Phi) is 8.43. The van der Waals surface area contributed by atoms with E-state index >= 15 is 0 Å². The van der Waals surface area contributed by atoms with Crippen LogP contribution in [0.15, 0.2) is 45.6 Å². The van der Waals surface area contributed by atoms with Crippen LogP contribution in [0.25, 0.3) is 0 Å². The molecule has 1 aliphatic heterocycles. The Morgan fingerprint density at radius 1 is 1.20 bits per heavy atom. The third kappa shape index (κ3) is 6.41. The van der Waals surface area contributed by atoms with Gasteiger partial charge in [0.25, 0.3) is 5.91 Å². The molecular weight excluding hydrogens is 390 g/mol. The maximum absolute atomic E-state index is 12.7. The minimum Gasteiger partial charge on any atom is -0.481 e. The number of methoxy groups -OCH3 is 1. The van der Waals surface area contributed by atoms with Gasteiger partial charge in [-0.2, -0.15) is 0 Å². The van der Waals surface area contributed by atoms with Gasteiger partial charge in [0.05, 0.1) is 6.61 Å². The summed E-state index contributed by atoms with van der Waals surface area (Å²) in [5.41, 5.74) is 0.418. The fourth-order valence-corrected chi connectivity index (χ4v) is 2.98. The van der Waals surface area contributed by atoms with Gasteiger partial charge in [-0.05, 0) is 24.8 Å². The molecule has 0 radical (unpaired) electrons. The lowest BCUT2D eigenvalue weighted by Crippen LogP contribution is -2.29. The summed E-state index contributed by atoms with van der Waals surface area (Å²) in [5, 5.41) is 2.66. The van der Waals surface area contributed by atoms with Crippen molar-refractivity contribution in [3.05, 3.63) is 63.7 Å². The predicted octanol–water partition coefficient (Wildman–Crippen LogP) is 2.64. The van der Waals surface area contributed by atoms with Crippen LogP contribution in [0, 0.1) is 0 Å². The van der Waals surface area contributed by atoms with Gasteiger partial charge in [-0.15, -0.1) is 0 Å². The van der Waals surface area contributed by atoms with Crippen molar-refractivity contribution < 1.29 is 28.2 Å². The second-order valence-corrected chi connectivity index (χ2v) is 6.87. The molecule has 3 rings (SSSR count). The van der Waals surface area contributed by atoms with Gasteiger partial charge in [0.2, 0.25) is 16.9 Å². The predicted molar refractivity (Wildman–Crippen MR) is 108 cm³/mol. The number of hydrogen-bond donors (Lipinski definition) is 1. The monoisotopic (exact) mass is 417 g/mol. The van der Waals surface area contributed by atoms with Gasteiger partial charge in [-0.3, -0.25) is 9.59 Å². The summed E-state index contributed by atoms with van der Waals surface area (Å²) in [6.07, 6.45) is 2.48. The molecule has 162 valence electrons. The molecule has 1 unspecified atom stereocenters. The molecule has 1 saturated heterocycles. The van der Waals surface area contributed by atoms with Gasteiger partial charge in [-0.1, -0.05) is 30.3 Å². The van der Waals surface area contributed by atoms with E-state index in [2.05, 4.69) is 5.32 Å². The molecule has 8 heteroatoms. The number of hydrogen-bond acceptors (Lipinski definition) is 7. The Hall–Kier alpha value is -2.68. The fourth-order valence-electron chi connectivity index (χ4n) is 2.98. The summed E-state index contributed by atoms with van der Waals surface area (Å²) in [6, 6.07) is 10.6. The van der Waals surface area contributed by atoms with Crippen molar-refractivity contribution in [2.24, 2.45) is 0 Å². The topological polar surface area (TPSA) is 96.2 Å². The SMILES string of the molecule is COCCNC(=O)c1oc(COC2CCCCO2)cc(=O)c1OCc1ccccc1. The molecule has 8 nitrogen and oxygen atoms in total. The van der Waals surface area contributed by atoms with Crippen molar-refractivity contribution in [1.82, 2.24) is 5.32 Å². The molecule has 1 atom stereocenters. The summed E-state index contributed by atoms with van der Waals surface area (Å²) >= 11 is 0. The molecule has 1 aliphatic rings. The number of amides is 1. The molecule has 1 aromatic carbocycles. The zero-order valence-electron chi connectivity index (χ0n) is 17.1. The average molecular weight is 417 g/mol. The first kappa shape index (κ1) is 22.0. The Morgan fingerprint density at radius 2 is 2.03 bits per heavy atom. The van der Waals surface area contributed by atoms with Gasteiger partial charge in [0.15, 0.2) is 6.29 Å². The van der Waals surface area contributed by atoms with Crippen molar-refractivity contribution in [1.29, 1.82) is 0 Å². The van der Waals surface area contributed by atoms with E-state index in [0.717, 1.165) is 24.8 Å². The zero-order chi connectivity index (χ0) is 21.2. The molecule has 1 amide bonds. The van der Waals surface area contributed by atoms with Crippen LogP contribution in [0.2, 0.25) is 0 Å². The number of carbonyl (C=O) groups excluding carboxylic acids is 1. The van der Waals surface area contributed by atoms with Crippen molar-refractivity contribution in [3.8, 4) is 5.75 Å². The van der Waals surface area contributed by atoms with Crippen LogP contribution < -0.4 is 15.5 Å². The minimum absolute atomic E-state index is 0.0250. The first-order chi connectivity index (χ1) is 14.7. The maximum atomic E-state index is 12.7. The fraction of sp³-hybridized carbons (Fsp3) is 0.455. The highest BCUT2D eigenvalue weighted by molar-refractivity contribution is 5.93. The summed E-state index contributed by atoms with van der Waals surface area (Å²) < 4.78 is 27.5. The molecule has 30 heavy (non-hydrogen) atoms. The maximum Gasteiger partial charge on any atom is 0.291 e. The van der Waals surface area contributed by atoms with Crippen LogP contribution in [0.1, 0.15) is 41.1 Å². The summed E-state index contributed by atoms with van der Waals surface area (Å²) in [6.45, 7) is 1.41. The molecule has 0 saturated carbocycles. The first-order valence-corrected chi connectivity index (χ1v) is 10.0. The summed E-state index contributed by atoms with van der Waals surface area (Å²) in [5.74, 6) is -0.634. The second-order valence-electron chi connectivity index (χ2n) is 6.87. The van der Waals surface area contributed by atoms with Gasteiger partial charge >= 0.3 is 0 Å². The number of ether oxygens (including phenoxy) is 4. The number of rotatable bonds is 10. The van der Waals surface area contributed by atoms with Crippen LogP contribution >= 0.6 is 0 Å². The Morgan fingerprint density at radius 3 is 2.77 bits per heavy atom.